The van der Waals surface area contributed by atoms with Crippen molar-refractivity contribution in [2.45, 2.75) is 13.0 Å². The molecule has 0 aliphatic rings. The molecule has 0 saturated heterocycles. The molecule has 10 heteroatoms. The van der Waals surface area contributed by atoms with Crippen LogP contribution in [0.1, 0.15) is 4.88 Å². The summed E-state index contributed by atoms with van der Waals surface area (Å²) >= 11 is 1.58. The Balaban J connectivity index is 1.68. The summed E-state index contributed by atoms with van der Waals surface area (Å²) < 4.78 is 1.29. The summed E-state index contributed by atoms with van der Waals surface area (Å²) in [5.41, 5.74) is 0. The van der Waals surface area contributed by atoms with E-state index < -0.39 is 16.7 Å². The van der Waals surface area contributed by atoms with Crippen molar-refractivity contribution in [3.8, 4) is 0 Å². The quantitative estimate of drug-likeness (QED) is 0.429. The molecule has 23 heavy (non-hydrogen) atoms. The van der Waals surface area contributed by atoms with E-state index in [0.717, 1.165) is 4.88 Å². The van der Waals surface area contributed by atoms with Gasteiger partial charge in [-0.2, -0.15) is 0 Å². The van der Waals surface area contributed by atoms with Crippen LogP contribution in [0.15, 0.2) is 29.9 Å². The van der Waals surface area contributed by atoms with Crippen molar-refractivity contribution < 1.29 is 14.5 Å². The molecule has 122 valence electrons. The minimum Gasteiger partial charge on any atom is -0.390 e. The topological polar surface area (TPSA) is 119 Å². The number of hydrogen-bond donors (Lipinski definition) is 2. The molecule has 0 bridgehead atoms. The Labute approximate surface area is 135 Å². The van der Waals surface area contributed by atoms with Gasteiger partial charge in [-0.15, -0.1) is 11.3 Å². The first kappa shape index (κ1) is 16.6. The molecule has 0 unspecified atom stereocenters. The minimum absolute atomic E-state index is 0.0916. The zero-order valence-corrected chi connectivity index (χ0v) is 12.9. The fourth-order valence-electron chi connectivity index (χ4n) is 1.85. The molecule has 2 aromatic rings. The average molecular weight is 337 g/mol. The molecule has 2 rings (SSSR count). The third-order valence-corrected chi connectivity index (χ3v) is 3.87. The number of carbonyl (C=O) groups is 2. The van der Waals surface area contributed by atoms with Gasteiger partial charge in [0, 0.05) is 18.0 Å². The molecule has 2 aromatic heterocycles. The molecule has 2 heterocycles. The Morgan fingerprint density at radius 1 is 1.30 bits per heavy atom. The lowest BCUT2D eigenvalue weighted by atomic mass is 10.3. The molecule has 0 spiro atoms. The molecule has 0 aromatic carbocycles. The SMILES string of the molecule is O=C(NCCc1cccs1)C(=O)NCCn1ccnc1[N+](=O)[O-]. The lowest BCUT2D eigenvalue weighted by Crippen LogP contribution is -2.41. The fraction of sp³-hybridized carbons (Fsp3) is 0.308. The summed E-state index contributed by atoms with van der Waals surface area (Å²) in [4.78, 5) is 38.0. The van der Waals surface area contributed by atoms with Crippen molar-refractivity contribution >= 4 is 29.1 Å². The highest BCUT2D eigenvalue weighted by Gasteiger charge is 2.15. The number of rotatable bonds is 7. The summed E-state index contributed by atoms with van der Waals surface area (Å²) in [6.45, 7) is 0.624. The molecule has 2 N–H and O–H groups in total. The van der Waals surface area contributed by atoms with Gasteiger partial charge in [0.2, 0.25) is 0 Å². The number of imidazole rings is 1. The van der Waals surface area contributed by atoms with Crippen molar-refractivity contribution in [3.63, 3.8) is 0 Å². The van der Waals surface area contributed by atoms with E-state index in [4.69, 9.17) is 0 Å². The maximum Gasteiger partial charge on any atom is 0.434 e. The van der Waals surface area contributed by atoms with Gasteiger partial charge in [0.05, 0.1) is 6.54 Å². The maximum atomic E-state index is 11.6. The molecule has 9 nitrogen and oxygen atoms in total. The number of nitrogens with zero attached hydrogens (tertiary/aromatic N) is 3. The first-order valence-electron chi connectivity index (χ1n) is 6.82. The summed E-state index contributed by atoms with van der Waals surface area (Å²) in [5.74, 6) is -1.79. The zero-order chi connectivity index (χ0) is 16.7. The Morgan fingerprint density at radius 2 is 2.04 bits per heavy atom. The van der Waals surface area contributed by atoms with E-state index in [1.807, 2.05) is 17.5 Å². The second kappa shape index (κ2) is 8.03. The number of carbonyl (C=O) groups excluding carboxylic acids is 2. The summed E-state index contributed by atoms with van der Waals surface area (Å²) in [6.07, 6.45) is 3.40. The van der Waals surface area contributed by atoms with E-state index in [2.05, 4.69) is 15.6 Å². The molecule has 0 aliphatic carbocycles. The highest BCUT2D eigenvalue weighted by molar-refractivity contribution is 7.09. The summed E-state index contributed by atoms with van der Waals surface area (Å²) in [5, 5.41) is 17.6. The van der Waals surface area contributed by atoms with Gasteiger partial charge in [-0.3, -0.25) is 9.59 Å². The number of thiophene rings is 1. The summed E-state index contributed by atoms with van der Waals surface area (Å²) in [7, 11) is 0. The first-order chi connectivity index (χ1) is 11.1. The van der Waals surface area contributed by atoms with Crippen LogP contribution < -0.4 is 10.6 Å². The van der Waals surface area contributed by atoms with Crippen LogP contribution >= 0.6 is 11.3 Å². The third kappa shape index (κ3) is 4.88. The maximum absolute atomic E-state index is 11.6. The highest BCUT2D eigenvalue weighted by atomic mass is 32.1. The second-order valence-electron chi connectivity index (χ2n) is 4.52. The van der Waals surface area contributed by atoms with Gasteiger partial charge in [-0.05, 0) is 22.8 Å². The normalized spacial score (nSPS) is 10.3. The molecular formula is C13H15N5O4S. The number of hydrogen-bond acceptors (Lipinski definition) is 6. The zero-order valence-electron chi connectivity index (χ0n) is 12.1. The molecule has 0 aliphatic heterocycles. The number of nitrogens with one attached hydrogen (secondary N) is 2. The minimum atomic E-state index is -0.765. The van der Waals surface area contributed by atoms with Crippen LogP contribution in [0.25, 0.3) is 0 Å². The molecule has 0 atom stereocenters. The predicted molar refractivity (Wildman–Crippen MR) is 82.9 cm³/mol. The van der Waals surface area contributed by atoms with Gasteiger partial charge in [0.15, 0.2) is 0 Å². The Bertz CT molecular complexity index is 682. The average Bonchev–Trinajstić information content (AvgIpc) is 3.18. The first-order valence-corrected chi connectivity index (χ1v) is 7.70. The molecule has 0 saturated carbocycles. The summed E-state index contributed by atoms with van der Waals surface area (Å²) in [6, 6.07) is 3.87. The van der Waals surface area contributed by atoms with Crippen molar-refractivity contribution in [2.75, 3.05) is 13.1 Å². The van der Waals surface area contributed by atoms with Gasteiger partial charge in [0.25, 0.3) is 0 Å². The van der Waals surface area contributed by atoms with E-state index in [-0.39, 0.29) is 19.0 Å². The molecule has 0 fully saturated rings. The van der Waals surface area contributed by atoms with Crippen molar-refractivity contribution in [2.24, 2.45) is 0 Å². The lowest BCUT2D eigenvalue weighted by molar-refractivity contribution is -0.396. The number of nitro groups is 1. The standard InChI is InChI=1S/C13H15N5O4S/c19-11(14-4-3-10-2-1-9-23-10)12(20)15-5-7-17-8-6-16-13(17)18(21)22/h1-2,6,8-9H,3-5,7H2,(H,14,19)(H,15,20). The van der Waals surface area contributed by atoms with E-state index in [0.29, 0.717) is 13.0 Å². The lowest BCUT2D eigenvalue weighted by Gasteiger charge is -2.06. The highest BCUT2D eigenvalue weighted by Crippen LogP contribution is 2.08. The van der Waals surface area contributed by atoms with Crippen molar-refractivity contribution in [3.05, 3.63) is 44.9 Å². The second-order valence-corrected chi connectivity index (χ2v) is 5.55. The Hall–Kier alpha value is -2.75. The van der Waals surface area contributed by atoms with Crippen LogP contribution in [0.5, 0.6) is 0 Å². The largest absolute Gasteiger partial charge is 0.434 e. The van der Waals surface area contributed by atoms with E-state index in [1.54, 1.807) is 11.3 Å². The molecule has 0 radical (unpaired) electrons. The van der Waals surface area contributed by atoms with E-state index in [9.17, 15) is 19.7 Å². The van der Waals surface area contributed by atoms with Crippen molar-refractivity contribution in [1.29, 1.82) is 0 Å². The van der Waals surface area contributed by atoms with Crippen LogP contribution in [0.4, 0.5) is 5.95 Å². The van der Waals surface area contributed by atoms with Gasteiger partial charge in [0.1, 0.15) is 12.4 Å². The molecule has 2 amide bonds. The Morgan fingerprint density at radius 3 is 2.70 bits per heavy atom. The third-order valence-electron chi connectivity index (χ3n) is 2.94. The Kier molecular flexibility index (Phi) is 5.80. The van der Waals surface area contributed by atoms with E-state index >= 15 is 0 Å². The monoisotopic (exact) mass is 337 g/mol. The van der Waals surface area contributed by atoms with Gasteiger partial charge in [-0.25, -0.2) is 4.57 Å². The predicted octanol–water partition coefficient (Wildman–Crippen LogP) is 0.328. The van der Waals surface area contributed by atoms with Gasteiger partial charge >= 0.3 is 17.8 Å². The van der Waals surface area contributed by atoms with Crippen LogP contribution in [0, 0.1) is 10.1 Å². The number of amides is 2. The fourth-order valence-corrected chi connectivity index (χ4v) is 2.56. The van der Waals surface area contributed by atoms with Crippen LogP contribution in [-0.4, -0.2) is 39.4 Å². The smallest absolute Gasteiger partial charge is 0.390 e. The van der Waals surface area contributed by atoms with Crippen LogP contribution in [0.2, 0.25) is 0 Å². The van der Waals surface area contributed by atoms with Crippen LogP contribution in [0.3, 0.4) is 0 Å². The van der Waals surface area contributed by atoms with Gasteiger partial charge in [-0.1, -0.05) is 11.1 Å². The number of aromatic nitrogens is 2. The molecular weight excluding hydrogens is 322 g/mol. The van der Waals surface area contributed by atoms with E-state index in [1.165, 1.54) is 17.0 Å². The van der Waals surface area contributed by atoms with Crippen LogP contribution in [-0.2, 0) is 22.6 Å². The van der Waals surface area contributed by atoms with Crippen molar-refractivity contribution in [1.82, 2.24) is 20.2 Å². The van der Waals surface area contributed by atoms with Gasteiger partial charge < -0.3 is 20.7 Å².